The minimum atomic E-state index is 0.0357. The summed E-state index contributed by atoms with van der Waals surface area (Å²) in [7, 11) is 0. The zero-order chi connectivity index (χ0) is 41.8. The molecule has 58 heavy (non-hydrogen) atoms. The van der Waals surface area contributed by atoms with Gasteiger partial charge in [0.25, 0.3) is 0 Å². The van der Waals surface area contributed by atoms with E-state index in [9.17, 15) is 0 Å². The summed E-state index contributed by atoms with van der Waals surface area (Å²) in [4.78, 5) is 0. The van der Waals surface area contributed by atoms with E-state index in [1.54, 1.807) is 0 Å². The van der Waals surface area contributed by atoms with E-state index >= 15 is 0 Å². The fraction of sp³-hybridized carbons (Fsp3) is 0.889. The van der Waals surface area contributed by atoms with Crippen molar-refractivity contribution in [3.8, 4) is 0 Å². The first-order valence-electron chi connectivity index (χ1n) is 26.5. The zero-order valence-corrected chi connectivity index (χ0v) is 43.3. The number of hydrogen-bond acceptors (Lipinski definition) is 3. The van der Waals surface area contributed by atoms with E-state index in [1.807, 2.05) is 0 Å². The summed E-state index contributed by atoms with van der Waals surface area (Å²) in [6.45, 7) is 6.92. The number of allylic oxidation sites excluding steroid dienone is 6. The van der Waals surface area contributed by atoms with Gasteiger partial charge in [0.15, 0.2) is 0 Å². The molecule has 0 N–H and O–H groups in total. The molecule has 0 aromatic carbocycles. The molecule has 0 rings (SSSR count). The van der Waals surface area contributed by atoms with Crippen molar-refractivity contribution in [2.45, 2.75) is 290 Å². The van der Waals surface area contributed by atoms with Crippen molar-refractivity contribution < 1.29 is 0 Å². The molecule has 0 heterocycles. The van der Waals surface area contributed by atoms with Gasteiger partial charge in [-0.1, -0.05) is 231 Å². The topological polar surface area (TPSA) is 0 Å². The van der Waals surface area contributed by atoms with Crippen molar-refractivity contribution in [3.63, 3.8) is 0 Å². The molecule has 0 spiro atoms. The van der Waals surface area contributed by atoms with Crippen LogP contribution in [0.1, 0.15) is 290 Å². The maximum Gasteiger partial charge on any atom is 0.0729 e. The van der Waals surface area contributed by atoms with E-state index < -0.39 is 0 Å². The van der Waals surface area contributed by atoms with E-state index in [0.717, 1.165) is 0 Å². The highest BCUT2D eigenvalue weighted by atomic mass is 33.4. The Morgan fingerprint density at radius 1 is 0.224 bits per heavy atom. The molecule has 0 atom stereocenters. The molecule has 0 aromatic rings. The molecular weight excluding hydrogens is 776 g/mol. The summed E-state index contributed by atoms with van der Waals surface area (Å²) < 4.78 is 0. The van der Waals surface area contributed by atoms with Crippen molar-refractivity contribution in [2.24, 2.45) is 0 Å². The summed E-state index contributed by atoms with van der Waals surface area (Å²) in [5, 5.41) is 0. The molecule has 0 unspecified atom stereocenters. The van der Waals surface area contributed by atoms with Crippen LogP contribution in [0.25, 0.3) is 0 Å². The van der Waals surface area contributed by atoms with Gasteiger partial charge in [-0.05, 0) is 114 Å². The Hall–Kier alpha value is 0.700. The molecule has 0 aliphatic heterocycles. The highest BCUT2D eigenvalue weighted by Gasteiger charge is 2.10. The largest absolute Gasteiger partial charge is 0.112 e. The second-order valence-corrected chi connectivity index (χ2v) is 27.7. The first-order chi connectivity index (χ1) is 28.8. The van der Waals surface area contributed by atoms with Crippen LogP contribution in [0.3, 0.4) is 0 Å². The van der Waals surface area contributed by atoms with Crippen LogP contribution < -0.4 is 0 Å². The summed E-state index contributed by atoms with van der Waals surface area (Å²) in [6, 6.07) is 0. The normalized spacial score (nSPS) is 12.7. The Balaban J connectivity index is 4.05. The lowest BCUT2D eigenvalue weighted by Crippen LogP contribution is -1.85. The predicted octanol–water partition coefficient (Wildman–Crippen LogP) is 22.5. The Kier molecular flexibility index (Phi) is 56.4. The first kappa shape index (κ1) is 58.7. The van der Waals surface area contributed by atoms with Gasteiger partial charge in [-0.15, -0.1) is 34.1 Å². The van der Waals surface area contributed by atoms with Gasteiger partial charge >= 0.3 is 0 Å². The SMILES string of the molecule is CCCCCCCCC=CCCCCCCCCSP(SCCCCCCCCC=CCCCCCCCC)SCCCCCCCCC=CCCCCCCCC. The van der Waals surface area contributed by atoms with Crippen molar-refractivity contribution in [3.05, 3.63) is 36.5 Å². The molecule has 0 fully saturated rings. The van der Waals surface area contributed by atoms with E-state index in [4.69, 9.17) is 0 Å². The van der Waals surface area contributed by atoms with E-state index in [2.05, 4.69) is 91.4 Å². The molecule has 0 aliphatic carbocycles. The summed E-state index contributed by atoms with van der Waals surface area (Å²) in [6.07, 6.45) is 73.9. The average Bonchev–Trinajstić information content (AvgIpc) is 3.23. The first-order valence-corrected chi connectivity index (χ1v) is 32.6. The highest BCUT2D eigenvalue weighted by molar-refractivity contribution is 9.12. The average molecular weight is 882 g/mol. The molecule has 0 nitrogen and oxygen atoms in total. The minimum Gasteiger partial charge on any atom is -0.112 e. The lowest BCUT2D eigenvalue weighted by atomic mass is 10.1. The van der Waals surface area contributed by atoms with Gasteiger partial charge in [0.05, 0.1) is 5.53 Å². The Labute approximate surface area is 381 Å². The predicted molar refractivity (Wildman–Crippen MR) is 283 cm³/mol. The van der Waals surface area contributed by atoms with Crippen LogP contribution in [-0.4, -0.2) is 17.3 Å². The van der Waals surface area contributed by atoms with Crippen LogP contribution >= 0.6 is 39.7 Å². The van der Waals surface area contributed by atoms with Crippen molar-refractivity contribution in [2.75, 3.05) is 17.3 Å². The van der Waals surface area contributed by atoms with Crippen molar-refractivity contribution >= 4 is 39.7 Å². The summed E-state index contributed by atoms with van der Waals surface area (Å²) >= 11 is 7.06. The van der Waals surface area contributed by atoms with Crippen LogP contribution in [0.5, 0.6) is 0 Å². The number of rotatable bonds is 51. The molecule has 344 valence electrons. The molecule has 0 amide bonds. The molecule has 0 bridgehead atoms. The minimum absolute atomic E-state index is 0.0357. The molecule has 0 radical (unpaired) electrons. The zero-order valence-electron chi connectivity index (χ0n) is 40.0. The van der Waals surface area contributed by atoms with Gasteiger partial charge in [-0.2, -0.15) is 0 Å². The van der Waals surface area contributed by atoms with Crippen LogP contribution in [0.2, 0.25) is 0 Å². The Morgan fingerprint density at radius 3 is 0.603 bits per heavy atom. The van der Waals surface area contributed by atoms with Gasteiger partial charge in [0.2, 0.25) is 0 Å². The third kappa shape index (κ3) is 52.8. The van der Waals surface area contributed by atoms with Crippen molar-refractivity contribution in [1.29, 1.82) is 0 Å². The Morgan fingerprint density at radius 2 is 0.397 bits per heavy atom. The lowest BCUT2D eigenvalue weighted by molar-refractivity contribution is 0.607. The number of unbranched alkanes of at least 4 members (excludes halogenated alkanes) is 36. The molecule has 0 aliphatic rings. The molecular formula is C54H105PS3. The maximum absolute atomic E-state index is 2.47. The smallest absolute Gasteiger partial charge is 0.0729 e. The van der Waals surface area contributed by atoms with Crippen molar-refractivity contribution in [1.82, 2.24) is 0 Å². The molecule has 0 saturated heterocycles. The van der Waals surface area contributed by atoms with Gasteiger partial charge < -0.3 is 0 Å². The van der Waals surface area contributed by atoms with E-state index in [1.165, 1.54) is 287 Å². The second-order valence-electron chi connectivity index (χ2n) is 17.5. The summed E-state index contributed by atoms with van der Waals surface area (Å²) in [5.74, 6) is 4.19. The fourth-order valence-electron chi connectivity index (χ4n) is 7.58. The van der Waals surface area contributed by atoms with Crippen LogP contribution in [-0.2, 0) is 0 Å². The fourth-order valence-corrected chi connectivity index (χ4v) is 18.5. The number of hydrogen-bond donors (Lipinski definition) is 0. The lowest BCUT2D eigenvalue weighted by Gasteiger charge is -2.15. The van der Waals surface area contributed by atoms with Crippen LogP contribution in [0.4, 0.5) is 0 Å². The van der Waals surface area contributed by atoms with Crippen LogP contribution in [0, 0.1) is 0 Å². The van der Waals surface area contributed by atoms with Gasteiger partial charge in [0.1, 0.15) is 0 Å². The quantitative estimate of drug-likeness (QED) is 0.0339. The second kappa shape index (κ2) is 55.7. The van der Waals surface area contributed by atoms with E-state index in [0.29, 0.717) is 0 Å². The molecule has 4 heteroatoms. The maximum atomic E-state index is 2.47. The monoisotopic (exact) mass is 881 g/mol. The Bertz CT molecular complexity index is 705. The molecule has 0 saturated carbocycles. The third-order valence-corrected chi connectivity index (χ3v) is 22.8. The van der Waals surface area contributed by atoms with Gasteiger partial charge in [0, 0.05) is 0 Å². The van der Waals surface area contributed by atoms with Crippen LogP contribution in [0.15, 0.2) is 36.5 Å². The third-order valence-electron chi connectivity index (χ3n) is 11.6. The van der Waals surface area contributed by atoms with Gasteiger partial charge in [-0.3, -0.25) is 0 Å². The summed E-state index contributed by atoms with van der Waals surface area (Å²) in [5.41, 5.74) is 0.0357. The highest BCUT2D eigenvalue weighted by Crippen LogP contribution is 2.70. The van der Waals surface area contributed by atoms with E-state index in [-0.39, 0.29) is 5.53 Å². The standard InChI is InChI=1S/C54H105PS3/c1-4-7-10-13-16-19-22-25-28-31-34-37-40-43-46-49-52-56-55(57-53-50-47-44-41-38-35-32-29-26-23-20-17-14-11-8-5-2)58-54-51-48-45-42-39-36-33-30-27-24-21-18-15-12-9-6-3/h25-30H,4-24,31-54H2,1-3H3. The molecule has 0 aromatic heterocycles. The van der Waals surface area contributed by atoms with Gasteiger partial charge in [-0.25, -0.2) is 0 Å².